The van der Waals surface area contributed by atoms with Gasteiger partial charge in [0.2, 0.25) is 0 Å². The molecule has 0 amide bonds. The van der Waals surface area contributed by atoms with E-state index < -0.39 is 0 Å². The lowest BCUT2D eigenvalue weighted by molar-refractivity contribution is 0.555. The molecular formula is C35H34Br2N2. The summed E-state index contributed by atoms with van der Waals surface area (Å²) in [5.74, 6) is 0. The Labute approximate surface area is 249 Å². The number of aromatic nitrogens is 1. The van der Waals surface area contributed by atoms with Crippen molar-refractivity contribution in [3.05, 3.63) is 102 Å². The molecule has 0 N–H and O–H groups in total. The third-order valence-electron chi connectivity index (χ3n) is 9.70. The zero-order valence-corrected chi connectivity index (χ0v) is 27.4. The van der Waals surface area contributed by atoms with E-state index in [0.29, 0.717) is 0 Å². The summed E-state index contributed by atoms with van der Waals surface area (Å²) in [5.41, 5.74) is 17.5. The van der Waals surface area contributed by atoms with Gasteiger partial charge in [-0.1, -0.05) is 77.3 Å². The van der Waals surface area contributed by atoms with E-state index in [1.807, 2.05) is 0 Å². The van der Waals surface area contributed by atoms with Gasteiger partial charge in [0.15, 0.2) is 0 Å². The molecule has 3 aromatic carbocycles. The SMILES string of the molecule is Cc1cc(C)c(-c2cc3c4c(n2)C(C)(C)c2cc(Br)cc5c2N4c2c(cc(Br)cc2C3(C)C)C5(C)C)c(C)c1. The van der Waals surface area contributed by atoms with Gasteiger partial charge in [0.25, 0.3) is 0 Å². The van der Waals surface area contributed by atoms with Gasteiger partial charge in [0.1, 0.15) is 0 Å². The van der Waals surface area contributed by atoms with Crippen LogP contribution in [0, 0.1) is 20.8 Å². The molecule has 4 heteroatoms. The maximum Gasteiger partial charge on any atom is 0.0755 e. The van der Waals surface area contributed by atoms with E-state index in [-0.39, 0.29) is 16.2 Å². The van der Waals surface area contributed by atoms with Gasteiger partial charge >= 0.3 is 0 Å². The molecule has 0 saturated carbocycles. The Morgan fingerprint density at radius 1 is 0.564 bits per heavy atom. The molecule has 4 heterocycles. The fraction of sp³-hybridized carbons (Fsp3) is 0.343. The predicted molar refractivity (Wildman–Crippen MR) is 170 cm³/mol. The highest BCUT2D eigenvalue weighted by molar-refractivity contribution is 9.10. The van der Waals surface area contributed by atoms with Gasteiger partial charge in [0.05, 0.1) is 28.5 Å². The number of hydrogen-bond donors (Lipinski definition) is 0. The van der Waals surface area contributed by atoms with Crippen LogP contribution in [0.3, 0.4) is 0 Å². The summed E-state index contributed by atoms with van der Waals surface area (Å²) in [6.45, 7) is 20.9. The number of pyridine rings is 1. The monoisotopic (exact) mass is 640 g/mol. The van der Waals surface area contributed by atoms with E-state index >= 15 is 0 Å². The van der Waals surface area contributed by atoms with Crippen LogP contribution in [0.15, 0.2) is 51.4 Å². The second kappa shape index (κ2) is 7.64. The Kier molecular flexibility index (Phi) is 5.00. The molecule has 0 aliphatic carbocycles. The Morgan fingerprint density at radius 2 is 0.974 bits per heavy atom. The molecule has 4 aromatic rings. The van der Waals surface area contributed by atoms with E-state index in [9.17, 15) is 0 Å². The van der Waals surface area contributed by atoms with E-state index in [0.717, 1.165) is 14.6 Å². The molecular weight excluding hydrogens is 608 g/mol. The molecule has 1 aromatic heterocycles. The molecule has 0 saturated heterocycles. The first-order valence-electron chi connectivity index (χ1n) is 13.8. The van der Waals surface area contributed by atoms with Gasteiger partial charge in [-0.2, -0.15) is 0 Å². The third-order valence-corrected chi connectivity index (χ3v) is 10.6. The first-order chi connectivity index (χ1) is 18.2. The molecule has 0 fully saturated rings. The van der Waals surface area contributed by atoms with Crippen LogP contribution in [0.4, 0.5) is 17.1 Å². The normalized spacial score (nSPS) is 18.2. The fourth-order valence-electron chi connectivity index (χ4n) is 7.73. The van der Waals surface area contributed by atoms with Crippen molar-refractivity contribution in [2.45, 2.75) is 78.6 Å². The quantitative estimate of drug-likeness (QED) is 0.205. The van der Waals surface area contributed by atoms with Gasteiger partial charge in [0, 0.05) is 30.8 Å². The molecule has 2 nitrogen and oxygen atoms in total. The van der Waals surface area contributed by atoms with Crippen molar-refractivity contribution in [1.29, 1.82) is 0 Å². The van der Waals surface area contributed by atoms with Crippen molar-refractivity contribution in [1.82, 2.24) is 4.98 Å². The highest BCUT2D eigenvalue weighted by Crippen LogP contribution is 2.66. The Hall–Kier alpha value is -2.43. The molecule has 0 radical (unpaired) electrons. The topological polar surface area (TPSA) is 16.1 Å². The Bertz CT molecular complexity index is 1670. The highest BCUT2D eigenvalue weighted by Gasteiger charge is 2.52. The molecule has 0 bridgehead atoms. The number of halogens is 2. The molecule has 0 spiro atoms. The molecule has 3 aliphatic heterocycles. The van der Waals surface area contributed by atoms with Crippen LogP contribution in [0.5, 0.6) is 0 Å². The van der Waals surface area contributed by atoms with Gasteiger partial charge in [-0.15, -0.1) is 0 Å². The van der Waals surface area contributed by atoms with Crippen LogP contribution >= 0.6 is 31.9 Å². The lowest BCUT2D eigenvalue weighted by Crippen LogP contribution is -2.44. The van der Waals surface area contributed by atoms with Gasteiger partial charge in [-0.05, 0) is 104 Å². The van der Waals surface area contributed by atoms with E-state index in [1.54, 1.807) is 0 Å². The van der Waals surface area contributed by atoms with Crippen LogP contribution in [0.25, 0.3) is 11.3 Å². The van der Waals surface area contributed by atoms with Gasteiger partial charge < -0.3 is 4.90 Å². The number of aryl methyl sites for hydroxylation is 3. The first kappa shape index (κ1) is 25.5. The summed E-state index contributed by atoms with van der Waals surface area (Å²) in [7, 11) is 0. The van der Waals surface area contributed by atoms with Crippen molar-refractivity contribution in [3.63, 3.8) is 0 Å². The van der Waals surface area contributed by atoms with Crippen LogP contribution in [-0.2, 0) is 16.2 Å². The molecule has 39 heavy (non-hydrogen) atoms. The number of anilines is 3. The zero-order chi connectivity index (χ0) is 28.0. The summed E-state index contributed by atoms with van der Waals surface area (Å²) in [6.07, 6.45) is 0. The lowest BCUT2D eigenvalue weighted by atomic mass is 9.62. The molecule has 3 aliphatic rings. The number of benzene rings is 3. The summed E-state index contributed by atoms with van der Waals surface area (Å²) in [5, 5.41) is 0. The number of nitrogens with zero attached hydrogens (tertiary/aromatic N) is 2. The highest BCUT2D eigenvalue weighted by atomic mass is 79.9. The predicted octanol–water partition coefficient (Wildman–Crippen LogP) is 10.6. The van der Waals surface area contributed by atoms with Crippen molar-refractivity contribution in [2.75, 3.05) is 4.90 Å². The van der Waals surface area contributed by atoms with Gasteiger partial charge in [-0.3, -0.25) is 0 Å². The number of hydrogen-bond acceptors (Lipinski definition) is 2. The van der Waals surface area contributed by atoms with Crippen molar-refractivity contribution in [2.24, 2.45) is 0 Å². The minimum atomic E-state index is -0.270. The zero-order valence-electron chi connectivity index (χ0n) is 24.2. The Morgan fingerprint density at radius 3 is 1.44 bits per heavy atom. The molecule has 0 atom stereocenters. The van der Waals surface area contributed by atoms with Crippen LogP contribution in [-0.4, -0.2) is 4.98 Å². The molecule has 198 valence electrons. The van der Waals surface area contributed by atoms with Crippen LogP contribution in [0.1, 0.15) is 91.7 Å². The summed E-state index contributed by atoms with van der Waals surface area (Å²) in [4.78, 5) is 8.16. The minimum absolute atomic E-state index is 0.150. The smallest absolute Gasteiger partial charge is 0.0755 e. The van der Waals surface area contributed by atoms with Gasteiger partial charge in [-0.25, -0.2) is 4.98 Å². The maximum absolute atomic E-state index is 5.58. The minimum Gasteiger partial charge on any atom is -0.307 e. The fourth-order valence-corrected chi connectivity index (χ4v) is 8.64. The lowest BCUT2D eigenvalue weighted by Gasteiger charge is -2.54. The summed E-state index contributed by atoms with van der Waals surface area (Å²) >= 11 is 7.80. The third kappa shape index (κ3) is 3.11. The van der Waals surface area contributed by atoms with Crippen molar-refractivity contribution < 1.29 is 0 Å². The molecule has 0 unspecified atom stereocenters. The standard InChI is InChI=1S/C35H34Br2N2/c1-17-10-18(2)28(19(3)11-17)27-16-26-31-32(38-27)35(8,9)25-15-21(37)14-24-30(25)39(31)29-22(33(24,4)5)12-20(36)13-23(29)34(26,6)7/h10-16H,1-9H3. The van der Waals surface area contributed by atoms with Crippen molar-refractivity contribution >= 4 is 48.9 Å². The number of rotatable bonds is 1. The maximum atomic E-state index is 5.58. The van der Waals surface area contributed by atoms with E-state index in [2.05, 4.69) is 142 Å². The van der Waals surface area contributed by atoms with Crippen LogP contribution in [0.2, 0.25) is 0 Å². The van der Waals surface area contributed by atoms with E-state index in [1.165, 1.54) is 72.8 Å². The van der Waals surface area contributed by atoms with Crippen LogP contribution < -0.4 is 4.90 Å². The molecule has 7 rings (SSSR count). The largest absolute Gasteiger partial charge is 0.307 e. The summed E-state index contributed by atoms with van der Waals surface area (Å²) in [6, 6.07) is 16.3. The summed E-state index contributed by atoms with van der Waals surface area (Å²) < 4.78 is 2.26. The average molecular weight is 642 g/mol. The van der Waals surface area contributed by atoms with Crippen molar-refractivity contribution in [3.8, 4) is 11.3 Å². The Balaban J connectivity index is 1.68. The second-order valence-corrected chi connectivity index (χ2v) is 15.3. The van der Waals surface area contributed by atoms with E-state index in [4.69, 9.17) is 4.98 Å². The first-order valence-corrected chi connectivity index (χ1v) is 15.4. The second-order valence-electron chi connectivity index (χ2n) is 13.4. The average Bonchev–Trinajstić information content (AvgIpc) is 2.82.